The van der Waals surface area contributed by atoms with Crippen LogP contribution in [-0.4, -0.2) is 5.11 Å². The molecule has 2 rings (SSSR count). The molecule has 2 aromatic carbocycles. The summed E-state index contributed by atoms with van der Waals surface area (Å²) in [4.78, 5) is 0. The van der Waals surface area contributed by atoms with Crippen molar-refractivity contribution in [1.82, 2.24) is 0 Å². The average molecular weight is 421 g/mol. The van der Waals surface area contributed by atoms with Crippen molar-refractivity contribution in [3.63, 3.8) is 0 Å². The molecule has 0 aliphatic carbocycles. The van der Waals surface area contributed by atoms with Crippen molar-refractivity contribution in [1.29, 1.82) is 0 Å². The van der Waals surface area contributed by atoms with Crippen molar-refractivity contribution in [2.75, 3.05) is 0 Å². The zero-order valence-electron chi connectivity index (χ0n) is 10.8. The van der Waals surface area contributed by atoms with E-state index in [1.165, 1.54) is 0 Å². The van der Waals surface area contributed by atoms with Gasteiger partial charge in [0.15, 0.2) is 0 Å². The Balaban J connectivity index is 2.22. The Morgan fingerprint density at radius 2 is 1.85 bits per heavy atom. The van der Waals surface area contributed by atoms with Crippen LogP contribution in [0.2, 0.25) is 5.02 Å². The molecular formula is C15H13Br2ClO2. The van der Waals surface area contributed by atoms with E-state index in [0.29, 0.717) is 17.4 Å². The fourth-order valence-corrected chi connectivity index (χ4v) is 3.26. The van der Waals surface area contributed by atoms with Gasteiger partial charge < -0.3 is 9.84 Å². The van der Waals surface area contributed by atoms with Crippen molar-refractivity contribution in [2.45, 2.75) is 20.1 Å². The Hall–Kier alpha value is -0.550. The van der Waals surface area contributed by atoms with Gasteiger partial charge in [0.25, 0.3) is 0 Å². The lowest BCUT2D eigenvalue weighted by atomic mass is 10.1. The second-order valence-corrected chi connectivity index (χ2v) is 6.63. The number of ether oxygens (including phenoxy) is 1. The first-order chi connectivity index (χ1) is 9.51. The summed E-state index contributed by atoms with van der Waals surface area (Å²) in [6, 6.07) is 9.48. The molecule has 0 fully saturated rings. The molecule has 106 valence electrons. The summed E-state index contributed by atoms with van der Waals surface area (Å²) >= 11 is 12.9. The predicted molar refractivity (Wildman–Crippen MR) is 88.3 cm³/mol. The molecule has 20 heavy (non-hydrogen) atoms. The fraction of sp³-hybridized carbons (Fsp3) is 0.200. The lowest BCUT2D eigenvalue weighted by Crippen LogP contribution is -2.01. The molecule has 0 amide bonds. The molecule has 0 unspecified atom stereocenters. The third-order valence-electron chi connectivity index (χ3n) is 2.87. The Labute approximate surface area is 140 Å². The van der Waals surface area contributed by atoms with Gasteiger partial charge in [-0.1, -0.05) is 49.5 Å². The van der Waals surface area contributed by atoms with Crippen LogP contribution in [0, 0.1) is 6.92 Å². The van der Waals surface area contributed by atoms with Gasteiger partial charge in [-0.05, 0) is 36.8 Å². The topological polar surface area (TPSA) is 29.5 Å². The number of hydrogen-bond acceptors (Lipinski definition) is 2. The van der Waals surface area contributed by atoms with Gasteiger partial charge in [0.2, 0.25) is 0 Å². The molecule has 2 aromatic rings. The number of aryl methyl sites for hydroxylation is 1. The molecule has 1 N–H and O–H groups in total. The van der Waals surface area contributed by atoms with Crippen LogP contribution in [0.4, 0.5) is 0 Å². The molecule has 5 heteroatoms. The number of halogens is 3. The highest BCUT2D eigenvalue weighted by atomic mass is 79.9. The predicted octanol–water partition coefficient (Wildman–Crippen LogP) is 5.24. The van der Waals surface area contributed by atoms with Crippen LogP contribution in [0.1, 0.15) is 16.7 Å². The highest BCUT2D eigenvalue weighted by Crippen LogP contribution is 2.30. The van der Waals surface area contributed by atoms with E-state index in [-0.39, 0.29) is 6.61 Å². The third kappa shape index (κ3) is 3.76. The van der Waals surface area contributed by atoms with Crippen molar-refractivity contribution in [2.24, 2.45) is 0 Å². The lowest BCUT2D eigenvalue weighted by molar-refractivity contribution is 0.258. The van der Waals surface area contributed by atoms with Gasteiger partial charge in [-0.3, -0.25) is 0 Å². The normalized spacial score (nSPS) is 10.7. The fourth-order valence-electron chi connectivity index (χ4n) is 1.91. The minimum atomic E-state index is -0.0658. The zero-order valence-corrected chi connectivity index (χ0v) is 14.7. The second-order valence-electron chi connectivity index (χ2n) is 4.39. The maximum absolute atomic E-state index is 9.42. The molecule has 0 aliphatic heterocycles. The number of aliphatic hydroxyl groups excluding tert-OH is 1. The molecular weight excluding hydrogens is 407 g/mol. The Bertz CT molecular complexity index is 630. The number of aliphatic hydroxyl groups is 1. The van der Waals surface area contributed by atoms with Crippen molar-refractivity contribution >= 4 is 43.5 Å². The van der Waals surface area contributed by atoms with E-state index in [1.54, 1.807) is 0 Å². The molecule has 0 spiro atoms. The van der Waals surface area contributed by atoms with Crippen molar-refractivity contribution in [3.8, 4) is 5.75 Å². The number of hydrogen-bond donors (Lipinski definition) is 1. The molecule has 0 aliphatic rings. The number of rotatable bonds is 4. The van der Waals surface area contributed by atoms with Crippen LogP contribution in [0.5, 0.6) is 5.75 Å². The van der Waals surface area contributed by atoms with Gasteiger partial charge in [-0.15, -0.1) is 0 Å². The van der Waals surface area contributed by atoms with Gasteiger partial charge in [-0.2, -0.15) is 0 Å². The summed E-state index contributed by atoms with van der Waals surface area (Å²) in [6.45, 7) is 2.24. The van der Waals surface area contributed by atoms with Gasteiger partial charge in [0.05, 0.1) is 6.61 Å². The number of benzene rings is 2. The summed E-state index contributed by atoms with van der Waals surface area (Å²) < 4.78 is 7.70. The van der Waals surface area contributed by atoms with Crippen LogP contribution < -0.4 is 4.74 Å². The van der Waals surface area contributed by atoms with E-state index in [2.05, 4.69) is 31.9 Å². The van der Waals surface area contributed by atoms with Gasteiger partial charge in [-0.25, -0.2) is 0 Å². The molecule has 0 aromatic heterocycles. The van der Waals surface area contributed by atoms with Crippen molar-refractivity contribution in [3.05, 3.63) is 61.0 Å². The van der Waals surface area contributed by atoms with Crippen LogP contribution >= 0.6 is 43.5 Å². The van der Waals surface area contributed by atoms with E-state index >= 15 is 0 Å². The summed E-state index contributed by atoms with van der Waals surface area (Å²) in [7, 11) is 0. The van der Waals surface area contributed by atoms with Crippen LogP contribution in [0.15, 0.2) is 39.3 Å². The van der Waals surface area contributed by atoms with Gasteiger partial charge in [0.1, 0.15) is 12.4 Å². The highest BCUT2D eigenvalue weighted by Gasteiger charge is 2.10. The van der Waals surface area contributed by atoms with E-state index in [4.69, 9.17) is 16.3 Å². The van der Waals surface area contributed by atoms with Gasteiger partial charge in [0, 0.05) is 25.1 Å². The standard InChI is InChI=1S/C15H13Br2ClO2/c1-9-4-13(17)5-11(7-19)15(9)20-8-10-2-3-12(16)6-14(10)18/h2-6,19H,7-8H2,1H3. The minimum absolute atomic E-state index is 0.0658. The second kappa shape index (κ2) is 6.94. The zero-order chi connectivity index (χ0) is 14.7. The Morgan fingerprint density at radius 1 is 1.10 bits per heavy atom. The monoisotopic (exact) mass is 418 g/mol. The first-order valence-electron chi connectivity index (χ1n) is 5.98. The summed E-state index contributed by atoms with van der Waals surface area (Å²) in [5.74, 6) is 0.703. The minimum Gasteiger partial charge on any atom is -0.488 e. The Kier molecular flexibility index (Phi) is 5.49. The van der Waals surface area contributed by atoms with Crippen LogP contribution in [0.3, 0.4) is 0 Å². The summed E-state index contributed by atoms with van der Waals surface area (Å²) in [5.41, 5.74) is 2.63. The smallest absolute Gasteiger partial charge is 0.128 e. The first-order valence-corrected chi connectivity index (χ1v) is 7.94. The van der Waals surface area contributed by atoms with Crippen LogP contribution in [-0.2, 0) is 13.2 Å². The average Bonchev–Trinajstić information content (AvgIpc) is 2.38. The quantitative estimate of drug-likeness (QED) is 0.733. The third-order valence-corrected chi connectivity index (χ3v) is 4.18. The molecule has 2 nitrogen and oxygen atoms in total. The summed E-state index contributed by atoms with van der Waals surface area (Å²) in [5, 5.41) is 10.1. The largest absolute Gasteiger partial charge is 0.488 e. The summed E-state index contributed by atoms with van der Waals surface area (Å²) in [6.07, 6.45) is 0. The van der Waals surface area contributed by atoms with Crippen molar-refractivity contribution < 1.29 is 9.84 Å². The maximum atomic E-state index is 9.42. The molecule has 0 bridgehead atoms. The first kappa shape index (κ1) is 15.8. The van der Waals surface area contributed by atoms with E-state index in [9.17, 15) is 5.11 Å². The Morgan fingerprint density at radius 3 is 2.50 bits per heavy atom. The van der Waals surface area contributed by atoms with E-state index in [0.717, 1.165) is 25.6 Å². The van der Waals surface area contributed by atoms with E-state index < -0.39 is 0 Å². The maximum Gasteiger partial charge on any atom is 0.128 e. The van der Waals surface area contributed by atoms with Crippen LogP contribution in [0.25, 0.3) is 0 Å². The molecule has 0 saturated carbocycles. The molecule has 0 saturated heterocycles. The van der Waals surface area contributed by atoms with Gasteiger partial charge >= 0.3 is 0 Å². The highest BCUT2D eigenvalue weighted by molar-refractivity contribution is 9.10. The lowest BCUT2D eigenvalue weighted by Gasteiger charge is -2.14. The molecule has 0 atom stereocenters. The molecule has 0 heterocycles. The SMILES string of the molecule is Cc1cc(Br)cc(CO)c1OCc1ccc(Br)cc1Cl. The molecule has 0 radical (unpaired) electrons. The van der Waals surface area contributed by atoms with E-state index in [1.807, 2.05) is 37.3 Å².